The molecule has 0 saturated carbocycles. The van der Waals surface area contributed by atoms with E-state index in [0.29, 0.717) is 0 Å². The smallest absolute Gasteiger partial charge is 0.138 e. The van der Waals surface area contributed by atoms with E-state index < -0.39 is 0 Å². The van der Waals surface area contributed by atoms with Gasteiger partial charge in [-0.25, -0.2) is 9.97 Å². The number of fused-ring (bicyclic) bond motifs is 9. The molecule has 0 atom stereocenters. The minimum absolute atomic E-state index is 0.822. The highest BCUT2D eigenvalue weighted by Crippen LogP contribution is 2.39. The summed E-state index contributed by atoms with van der Waals surface area (Å²) >= 11 is 0. The Morgan fingerprint density at radius 3 is 1.14 bits per heavy atom. The number of para-hydroxylation sites is 5. The van der Waals surface area contributed by atoms with Crippen molar-refractivity contribution in [3.8, 4) is 28.7 Å². The summed E-state index contributed by atoms with van der Waals surface area (Å²) in [5.41, 5.74) is 9.68. The monoisotopic (exact) mass is 651 g/mol. The maximum absolute atomic E-state index is 5.31. The van der Waals surface area contributed by atoms with Crippen molar-refractivity contribution in [2.24, 2.45) is 0 Å². The van der Waals surface area contributed by atoms with Gasteiger partial charge in [0.1, 0.15) is 11.6 Å². The molecule has 0 unspecified atom stereocenters. The van der Waals surface area contributed by atoms with Gasteiger partial charge in [-0.1, -0.05) is 103 Å². The van der Waals surface area contributed by atoms with Gasteiger partial charge in [0.2, 0.25) is 0 Å². The van der Waals surface area contributed by atoms with Gasteiger partial charge in [-0.05, 0) is 72.8 Å². The van der Waals surface area contributed by atoms with Crippen LogP contribution in [-0.4, -0.2) is 23.7 Å². The van der Waals surface area contributed by atoms with Crippen LogP contribution >= 0.6 is 0 Å². The van der Waals surface area contributed by atoms with Crippen molar-refractivity contribution in [1.82, 2.24) is 23.7 Å². The molecule has 0 aliphatic carbocycles. The van der Waals surface area contributed by atoms with Crippen molar-refractivity contribution >= 4 is 65.4 Å². The maximum atomic E-state index is 5.31. The van der Waals surface area contributed by atoms with Crippen molar-refractivity contribution in [3.63, 3.8) is 0 Å². The van der Waals surface area contributed by atoms with Crippen LogP contribution in [0.4, 0.5) is 0 Å². The third-order valence-electron chi connectivity index (χ3n) is 10.2. The topological polar surface area (TPSA) is 40.6 Å². The molecule has 0 aliphatic rings. The van der Waals surface area contributed by atoms with Crippen molar-refractivity contribution in [3.05, 3.63) is 176 Å². The highest BCUT2D eigenvalue weighted by atomic mass is 15.1. The third kappa shape index (κ3) is 4.09. The van der Waals surface area contributed by atoms with Gasteiger partial charge in [-0.15, -0.1) is 0 Å². The van der Waals surface area contributed by atoms with Crippen LogP contribution in [0.25, 0.3) is 94.1 Å². The van der Waals surface area contributed by atoms with Crippen LogP contribution in [0.5, 0.6) is 0 Å². The summed E-state index contributed by atoms with van der Waals surface area (Å²) in [7, 11) is 0. The summed E-state index contributed by atoms with van der Waals surface area (Å²) < 4.78 is 6.94. The molecule has 5 nitrogen and oxygen atoms in total. The Morgan fingerprint density at radius 2 is 0.647 bits per heavy atom. The first-order chi connectivity index (χ1) is 25.3. The number of benzene rings is 6. The molecular formula is C46H29N5. The quantitative estimate of drug-likeness (QED) is 0.190. The average Bonchev–Trinajstić information content (AvgIpc) is 3.83. The molecule has 5 aromatic heterocycles. The van der Waals surface area contributed by atoms with Crippen LogP contribution < -0.4 is 0 Å². The van der Waals surface area contributed by atoms with Gasteiger partial charge in [0.15, 0.2) is 0 Å². The zero-order valence-electron chi connectivity index (χ0n) is 27.5. The Hall–Kier alpha value is -6.98. The minimum Gasteiger partial charge on any atom is -0.309 e. The van der Waals surface area contributed by atoms with Gasteiger partial charge < -0.3 is 4.57 Å². The zero-order valence-corrected chi connectivity index (χ0v) is 27.5. The summed E-state index contributed by atoms with van der Waals surface area (Å²) in [5, 5.41) is 7.25. The molecule has 5 heteroatoms. The Kier molecular flexibility index (Phi) is 5.89. The van der Waals surface area contributed by atoms with Gasteiger partial charge in [-0.3, -0.25) is 9.13 Å². The fourth-order valence-corrected chi connectivity index (χ4v) is 8.08. The molecule has 0 fully saturated rings. The lowest BCUT2D eigenvalue weighted by Crippen LogP contribution is -2.01. The molecule has 0 bridgehead atoms. The molecule has 0 aliphatic heterocycles. The molecule has 11 rings (SSSR count). The summed E-state index contributed by atoms with van der Waals surface area (Å²) in [6.45, 7) is 0. The lowest BCUT2D eigenvalue weighted by molar-refractivity contribution is 1.06. The summed E-state index contributed by atoms with van der Waals surface area (Å²) in [6, 6.07) is 62.2. The second-order valence-corrected chi connectivity index (χ2v) is 13.1. The van der Waals surface area contributed by atoms with Gasteiger partial charge in [0.25, 0.3) is 0 Å². The molecule has 0 N–H and O–H groups in total. The highest BCUT2D eigenvalue weighted by molar-refractivity contribution is 6.19. The Labute approximate surface area is 292 Å². The number of hydrogen-bond acceptors (Lipinski definition) is 2. The second kappa shape index (κ2) is 10.8. The van der Waals surface area contributed by atoms with Gasteiger partial charge in [-0.2, -0.15) is 0 Å². The molecule has 0 radical (unpaired) electrons. The molecule has 238 valence electrons. The first-order valence-electron chi connectivity index (χ1n) is 17.3. The number of pyridine rings is 2. The van der Waals surface area contributed by atoms with Crippen molar-refractivity contribution in [1.29, 1.82) is 0 Å². The molecule has 0 spiro atoms. The van der Waals surface area contributed by atoms with Crippen molar-refractivity contribution in [2.75, 3.05) is 0 Å². The zero-order chi connectivity index (χ0) is 33.5. The van der Waals surface area contributed by atoms with Crippen LogP contribution in [0.1, 0.15) is 0 Å². The Balaban J connectivity index is 1.12. The second-order valence-electron chi connectivity index (χ2n) is 13.1. The Bertz CT molecular complexity index is 3090. The molecule has 5 heterocycles. The van der Waals surface area contributed by atoms with Crippen LogP contribution in [0, 0.1) is 0 Å². The van der Waals surface area contributed by atoms with E-state index in [1.165, 1.54) is 43.4 Å². The number of rotatable bonds is 4. The van der Waals surface area contributed by atoms with E-state index in [0.717, 1.165) is 50.8 Å². The van der Waals surface area contributed by atoms with Crippen molar-refractivity contribution in [2.45, 2.75) is 0 Å². The van der Waals surface area contributed by atoms with E-state index in [-0.39, 0.29) is 0 Å². The molecule has 0 saturated heterocycles. The SMILES string of the molecule is c1ccc(-n2c3ccccc3c3cc4c(cc32)c2ccccc2n4-c2cccc(-c3cccc(-n4c5ccccc5c5ccccc54)n3)n2)cc1. The van der Waals surface area contributed by atoms with Crippen LogP contribution in [0.15, 0.2) is 176 Å². The first-order valence-corrected chi connectivity index (χ1v) is 17.3. The average molecular weight is 652 g/mol. The lowest BCUT2D eigenvalue weighted by Gasteiger charge is -2.11. The number of nitrogens with zero attached hydrogens (tertiary/aromatic N) is 5. The summed E-state index contributed by atoms with van der Waals surface area (Å²) in [5.74, 6) is 1.72. The van der Waals surface area contributed by atoms with Gasteiger partial charge in [0, 0.05) is 38.0 Å². The van der Waals surface area contributed by atoms with E-state index in [9.17, 15) is 0 Å². The van der Waals surface area contributed by atoms with Gasteiger partial charge in [0.05, 0.1) is 44.5 Å². The number of hydrogen-bond donors (Lipinski definition) is 0. The summed E-state index contributed by atoms with van der Waals surface area (Å²) in [6.07, 6.45) is 0. The van der Waals surface area contributed by atoms with Crippen molar-refractivity contribution < 1.29 is 0 Å². The summed E-state index contributed by atoms with van der Waals surface area (Å²) in [4.78, 5) is 10.5. The molecule has 0 amide bonds. The fraction of sp³-hybridized carbons (Fsp3) is 0. The lowest BCUT2D eigenvalue weighted by atomic mass is 10.1. The largest absolute Gasteiger partial charge is 0.309 e. The molecular weight excluding hydrogens is 623 g/mol. The Morgan fingerprint density at radius 1 is 0.275 bits per heavy atom. The number of aromatic nitrogens is 5. The molecule has 11 aromatic rings. The highest BCUT2D eigenvalue weighted by Gasteiger charge is 2.19. The fourth-order valence-electron chi connectivity index (χ4n) is 8.08. The third-order valence-corrected chi connectivity index (χ3v) is 10.2. The predicted octanol–water partition coefficient (Wildman–Crippen LogP) is 11.4. The normalized spacial score (nSPS) is 11.9. The van der Waals surface area contributed by atoms with E-state index >= 15 is 0 Å². The maximum Gasteiger partial charge on any atom is 0.138 e. The van der Waals surface area contributed by atoms with E-state index in [1.54, 1.807) is 0 Å². The van der Waals surface area contributed by atoms with Gasteiger partial charge >= 0.3 is 0 Å². The predicted molar refractivity (Wildman–Crippen MR) is 210 cm³/mol. The minimum atomic E-state index is 0.822. The van der Waals surface area contributed by atoms with Crippen LogP contribution in [0.2, 0.25) is 0 Å². The van der Waals surface area contributed by atoms with E-state index in [2.05, 4.69) is 190 Å². The van der Waals surface area contributed by atoms with Crippen LogP contribution in [-0.2, 0) is 0 Å². The molecule has 6 aromatic carbocycles. The van der Waals surface area contributed by atoms with Crippen LogP contribution in [0.3, 0.4) is 0 Å². The van der Waals surface area contributed by atoms with E-state index in [4.69, 9.17) is 9.97 Å². The molecule has 51 heavy (non-hydrogen) atoms. The first kappa shape index (κ1) is 27.9. The standard InChI is InChI=1S/C46H29N5/c1-2-14-30(15-3-1)49-39-22-8-6-18-33(39)35-29-44-36(28-43(35)49)34-19-7-11-25-42(34)51(44)46-27-13-21-38(48-46)37-20-12-26-45(47-37)50-40-23-9-4-16-31(40)32-17-5-10-24-41(32)50/h1-29H. The van der Waals surface area contributed by atoms with E-state index in [1.807, 2.05) is 0 Å².